The maximum Gasteiger partial charge on any atom is 0.236 e. The molecule has 2 rings (SSSR count). The molecular formula is C12H20N4O3S2. The Kier molecular flexibility index (Phi) is 4.92. The number of thioether (sulfide) groups is 1. The summed E-state index contributed by atoms with van der Waals surface area (Å²) in [7, 11) is -1.17. The van der Waals surface area contributed by atoms with Crippen molar-refractivity contribution in [1.29, 1.82) is 0 Å². The molecule has 7 nitrogen and oxygen atoms in total. The highest BCUT2D eigenvalue weighted by Gasteiger charge is 2.35. The van der Waals surface area contributed by atoms with Gasteiger partial charge in [-0.2, -0.15) is 0 Å². The number of aromatic nitrogens is 3. The van der Waals surface area contributed by atoms with Gasteiger partial charge in [-0.15, -0.1) is 10.2 Å². The van der Waals surface area contributed by atoms with E-state index in [1.54, 1.807) is 15.8 Å². The smallest absolute Gasteiger partial charge is 0.236 e. The van der Waals surface area contributed by atoms with Gasteiger partial charge in [-0.3, -0.25) is 4.79 Å². The van der Waals surface area contributed by atoms with Crippen LogP contribution in [0.3, 0.4) is 0 Å². The molecule has 9 heteroatoms. The van der Waals surface area contributed by atoms with Gasteiger partial charge in [-0.25, -0.2) is 8.42 Å². The van der Waals surface area contributed by atoms with Crippen molar-refractivity contribution >= 4 is 27.5 Å². The zero-order chi connectivity index (χ0) is 15.6. The van der Waals surface area contributed by atoms with E-state index in [1.807, 2.05) is 20.9 Å². The predicted molar refractivity (Wildman–Crippen MR) is 80.8 cm³/mol. The summed E-state index contributed by atoms with van der Waals surface area (Å²) in [6.45, 7) is 4.21. The second-order valence-corrected chi connectivity index (χ2v) is 8.70. The molecule has 1 aromatic rings. The Morgan fingerprint density at radius 3 is 2.81 bits per heavy atom. The van der Waals surface area contributed by atoms with Crippen molar-refractivity contribution < 1.29 is 13.2 Å². The molecule has 2 unspecified atom stereocenters. The second kappa shape index (κ2) is 6.35. The molecule has 1 aliphatic rings. The van der Waals surface area contributed by atoms with Crippen LogP contribution in [0, 0.1) is 0 Å². The largest absolute Gasteiger partial charge is 0.338 e. The van der Waals surface area contributed by atoms with E-state index in [9.17, 15) is 13.2 Å². The van der Waals surface area contributed by atoms with Crippen molar-refractivity contribution in [2.45, 2.75) is 36.7 Å². The molecule has 1 fully saturated rings. The third-order valence-corrected chi connectivity index (χ3v) is 6.46. The molecule has 0 saturated carbocycles. The molecule has 0 aromatic carbocycles. The summed E-state index contributed by atoms with van der Waals surface area (Å²) in [4.78, 5) is 14.2. The van der Waals surface area contributed by atoms with Crippen LogP contribution in [0.25, 0.3) is 0 Å². The lowest BCUT2D eigenvalue weighted by Crippen LogP contribution is -2.44. The van der Waals surface area contributed by atoms with E-state index in [0.717, 1.165) is 0 Å². The number of rotatable bonds is 5. The fourth-order valence-electron chi connectivity index (χ4n) is 2.44. The summed E-state index contributed by atoms with van der Waals surface area (Å²) in [6, 6.07) is -0.199. The second-order valence-electron chi connectivity index (χ2n) is 5.17. The number of aryl methyl sites for hydroxylation is 1. The first-order valence-corrected chi connectivity index (χ1v) is 9.55. The minimum absolute atomic E-state index is 0.0485. The zero-order valence-electron chi connectivity index (χ0n) is 12.4. The Labute approximate surface area is 129 Å². The summed E-state index contributed by atoms with van der Waals surface area (Å²) >= 11 is 1.34. The Bertz CT molecular complexity index is 614. The maximum atomic E-state index is 12.6. The van der Waals surface area contributed by atoms with Crippen LogP contribution >= 0.6 is 11.8 Å². The van der Waals surface area contributed by atoms with Gasteiger partial charge in [0.15, 0.2) is 15.0 Å². The lowest BCUT2D eigenvalue weighted by atomic mass is 10.2. The highest BCUT2D eigenvalue weighted by molar-refractivity contribution is 8.00. The van der Waals surface area contributed by atoms with Crippen molar-refractivity contribution in [2.24, 2.45) is 7.05 Å². The van der Waals surface area contributed by atoms with Crippen LogP contribution in [0.2, 0.25) is 0 Å². The average Bonchev–Trinajstić information content (AvgIpc) is 2.97. The molecule has 0 bridgehead atoms. The van der Waals surface area contributed by atoms with E-state index in [1.165, 1.54) is 11.8 Å². The Morgan fingerprint density at radius 1 is 1.62 bits per heavy atom. The number of hydrogen-bond acceptors (Lipinski definition) is 6. The standard InChI is InChI=1S/C12H20N4O3S2/c1-4-16(10-5-6-21(18,19)7-10)11(17)9(2)20-12-14-13-8-15(12)3/h8-10H,4-7H2,1-3H3. The van der Waals surface area contributed by atoms with Crippen LogP contribution in [-0.4, -0.2) is 63.3 Å². The van der Waals surface area contributed by atoms with Gasteiger partial charge in [-0.05, 0) is 20.3 Å². The summed E-state index contributed by atoms with van der Waals surface area (Å²) in [5.74, 6) is 0.202. The Hall–Kier alpha value is -1.09. The maximum absolute atomic E-state index is 12.6. The lowest BCUT2D eigenvalue weighted by molar-refractivity contribution is -0.131. The number of amides is 1. The first-order chi connectivity index (χ1) is 9.84. The van der Waals surface area contributed by atoms with Crippen LogP contribution < -0.4 is 0 Å². The average molecular weight is 332 g/mol. The number of carbonyl (C=O) groups is 1. The molecule has 1 aliphatic heterocycles. The van der Waals surface area contributed by atoms with Crippen molar-refractivity contribution in [3.8, 4) is 0 Å². The molecule has 118 valence electrons. The minimum Gasteiger partial charge on any atom is -0.338 e. The van der Waals surface area contributed by atoms with Gasteiger partial charge in [-0.1, -0.05) is 11.8 Å². The van der Waals surface area contributed by atoms with Crippen LogP contribution in [0.15, 0.2) is 11.5 Å². The van der Waals surface area contributed by atoms with Crippen LogP contribution in [-0.2, 0) is 21.7 Å². The monoisotopic (exact) mass is 332 g/mol. The quantitative estimate of drug-likeness (QED) is 0.723. The molecule has 0 aliphatic carbocycles. The van der Waals surface area contributed by atoms with E-state index in [4.69, 9.17) is 0 Å². The summed E-state index contributed by atoms with van der Waals surface area (Å²) in [5, 5.41) is 8.09. The van der Waals surface area contributed by atoms with Crippen molar-refractivity contribution in [1.82, 2.24) is 19.7 Å². The number of sulfone groups is 1. The minimum atomic E-state index is -2.99. The SMILES string of the molecule is CCN(C(=O)C(C)Sc1nncn1C)C1CCS(=O)(=O)C1. The molecular weight excluding hydrogens is 312 g/mol. The van der Waals surface area contributed by atoms with E-state index in [0.29, 0.717) is 18.1 Å². The third-order valence-electron chi connectivity index (χ3n) is 3.57. The third kappa shape index (κ3) is 3.76. The van der Waals surface area contributed by atoms with Crippen LogP contribution in [0.1, 0.15) is 20.3 Å². The summed E-state index contributed by atoms with van der Waals surface area (Å²) in [6.07, 6.45) is 2.12. The Balaban J connectivity index is 2.04. The molecule has 2 atom stereocenters. The highest BCUT2D eigenvalue weighted by Crippen LogP contribution is 2.25. The van der Waals surface area contributed by atoms with Gasteiger partial charge < -0.3 is 9.47 Å². The Morgan fingerprint density at radius 2 is 2.33 bits per heavy atom. The van der Waals surface area contributed by atoms with Gasteiger partial charge in [0, 0.05) is 19.6 Å². The van der Waals surface area contributed by atoms with Gasteiger partial charge in [0.25, 0.3) is 0 Å². The van der Waals surface area contributed by atoms with E-state index in [2.05, 4.69) is 10.2 Å². The molecule has 0 spiro atoms. The summed E-state index contributed by atoms with van der Waals surface area (Å²) in [5.41, 5.74) is 0. The van der Waals surface area contributed by atoms with Crippen LogP contribution in [0.5, 0.6) is 0 Å². The van der Waals surface area contributed by atoms with Crippen molar-refractivity contribution in [3.05, 3.63) is 6.33 Å². The molecule has 2 heterocycles. The molecule has 0 radical (unpaired) electrons. The molecule has 0 N–H and O–H groups in total. The van der Waals surface area contributed by atoms with E-state index < -0.39 is 9.84 Å². The lowest BCUT2D eigenvalue weighted by Gasteiger charge is -2.29. The van der Waals surface area contributed by atoms with Crippen LogP contribution in [0.4, 0.5) is 0 Å². The topological polar surface area (TPSA) is 85.2 Å². The molecule has 1 amide bonds. The fourth-order valence-corrected chi connectivity index (χ4v) is 5.03. The highest BCUT2D eigenvalue weighted by atomic mass is 32.2. The van der Waals surface area contributed by atoms with E-state index in [-0.39, 0.29) is 28.7 Å². The van der Waals surface area contributed by atoms with E-state index >= 15 is 0 Å². The first-order valence-electron chi connectivity index (χ1n) is 6.85. The van der Waals surface area contributed by atoms with Gasteiger partial charge in [0.1, 0.15) is 6.33 Å². The number of nitrogens with zero attached hydrogens (tertiary/aromatic N) is 4. The predicted octanol–water partition coefficient (Wildman–Crippen LogP) is 0.331. The van der Waals surface area contributed by atoms with Crippen molar-refractivity contribution in [2.75, 3.05) is 18.1 Å². The molecule has 1 aromatic heterocycles. The van der Waals surface area contributed by atoms with Gasteiger partial charge >= 0.3 is 0 Å². The van der Waals surface area contributed by atoms with Gasteiger partial charge in [0.2, 0.25) is 5.91 Å². The zero-order valence-corrected chi connectivity index (χ0v) is 14.0. The number of carbonyl (C=O) groups excluding carboxylic acids is 1. The molecule has 21 heavy (non-hydrogen) atoms. The summed E-state index contributed by atoms with van der Waals surface area (Å²) < 4.78 is 24.9. The number of hydrogen-bond donors (Lipinski definition) is 0. The fraction of sp³-hybridized carbons (Fsp3) is 0.750. The first kappa shape index (κ1) is 16.3. The molecule has 1 saturated heterocycles. The van der Waals surface area contributed by atoms with Crippen molar-refractivity contribution in [3.63, 3.8) is 0 Å². The normalized spacial score (nSPS) is 22.1. The van der Waals surface area contributed by atoms with Gasteiger partial charge in [0.05, 0.1) is 16.8 Å².